The maximum Gasteiger partial charge on any atom is 0.338 e. The molecule has 2 N–H and O–H groups in total. The number of amides is 1. The Balaban J connectivity index is 2.04. The molecule has 0 bridgehead atoms. The first-order valence-electron chi connectivity index (χ1n) is 6.66. The van der Waals surface area contributed by atoms with E-state index in [4.69, 9.17) is 9.52 Å². The lowest BCUT2D eigenvalue weighted by atomic mass is 9.84. The molecule has 1 aromatic heterocycles. The molecular formula is C16H16BrNO4. The number of nitrogens with one attached hydrogen (secondary N) is 1. The van der Waals surface area contributed by atoms with E-state index in [9.17, 15) is 9.59 Å². The molecule has 0 saturated carbocycles. The van der Waals surface area contributed by atoms with E-state index in [1.54, 1.807) is 0 Å². The van der Waals surface area contributed by atoms with Crippen molar-refractivity contribution in [3.8, 4) is 0 Å². The van der Waals surface area contributed by atoms with Crippen LogP contribution in [0.2, 0.25) is 0 Å². The minimum absolute atomic E-state index is 0.0116. The Labute approximate surface area is 136 Å². The van der Waals surface area contributed by atoms with Crippen molar-refractivity contribution in [2.45, 2.75) is 19.3 Å². The molecule has 116 valence electrons. The maximum absolute atomic E-state index is 12.0. The van der Waals surface area contributed by atoms with Gasteiger partial charge < -0.3 is 14.8 Å². The van der Waals surface area contributed by atoms with Crippen LogP contribution in [0.1, 0.15) is 40.3 Å². The first-order valence-corrected chi connectivity index (χ1v) is 7.45. The van der Waals surface area contributed by atoms with Gasteiger partial charge in [0.1, 0.15) is 6.26 Å². The molecule has 2 aromatic rings. The third-order valence-electron chi connectivity index (χ3n) is 3.37. The molecule has 5 nitrogen and oxygen atoms in total. The number of rotatable bonds is 5. The Morgan fingerprint density at radius 3 is 2.64 bits per heavy atom. The largest absolute Gasteiger partial charge is 0.478 e. The minimum Gasteiger partial charge on any atom is -0.478 e. The summed E-state index contributed by atoms with van der Waals surface area (Å²) >= 11 is 3.43. The lowest BCUT2D eigenvalue weighted by Crippen LogP contribution is -2.36. The summed E-state index contributed by atoms with van der Waals surface area (Å²) in [6, 6.07) is 9.08. The van der Waals surface area contributed by atoms with Crippen molar-refractivity contribution in [2.75, 3.05) is 6.54 Å². The van der Waals surface area contributed by atoms with Gasteiger partial charge >= 0.3 is 5.97 Å². The maximum atomic E-state index is 12.0. The van der Waals surface area contributed by atoms with Gasteiger partial charge in [-0.25, -0.2) is 4.79 Å². The van der Waals surface area contributed by atoms with Crippen LogP contribution in [0.4, 0.5) is 0 Å². The molecule has 0 aliphatic heterocycles. The predicted octanol–water partition coefficient (Wildman–Crippen LogP) is 3.45. The number of carboxylic acids is 1. The number of carbonyl (C=O) groups is 2. The van der Waals surface area contributed by atoms with Crippen molar-refractivity contribution in [3.63, 3.8) is 0 Å². The highest BCUT2D eigenvalue weighted by atomic mass is 79.9. The van der Waals surface area contributed by atoms with Gasteiger partial charge in [0.25, 0.3) is 5.91 Å². The Morgan fingerprint density at radius 2 is 2.05 bits per heavy atom. The minimum atomic E-state index is -1.13. The highest BCUT2D eigenvalue weighted by Crippen LogP contribution is 2.25. The summed E-state index contributed by atoms with van der Waals surface area (Å²) in [4.78, 5) is 22.8. The predicted molar refractivity (Wildman–Crippen MR) is 85.2 cm³/mol. The van der Waals surface area contributed by atoms with Crippen LogP contribution in [0, 0.1) is 0 Å². The molecule has 1 amide bonds. The van der Waals surface area contributed by atoms with Crippen LogP contribution >= 0.6 is 15.9 Å². The van der Waals surface area contributed by atoms with Gasteiger partial charge in [0.15, 0.2) is 5.76 Å². The third-order valence-corrected chi connectivity index (χ3v) is 3.86. The van der Waals surface area contributed by atoms with E-state index in [1.807, 2.05) is 38.1 Å². The second-order valence-electron chi connectivity index (χ2n) is 5.58. The van der Waals surface area contributed by atoms with E-state index in [0.29, 0.717) is 6.54 Å². The Bertz CT molecular complexity index is 706. The summed E-state index contributed by atoms with van der Waals surface area (Å²) in [5.74, 6) is -1.57. The van der Waals surface area contributed by atoms with E-state index < -0.39 is 11.9 Å². The van der Waals surface area contributed by atoms with Crippen molar-refractivity contribution < 1.29 is 19.1 Å². The normalized spacial score (nSPS) is 11.2. The molecule has 0 spiro atoms. The first kappa shape index (κ1) is 16.3. The lowest BCUT2D eigenvalue weighted by Gasteiger charge is -2.25. The van der Waals surface area contributed by atoms with E-state index in [1.165, 1.54) is 6.07 Å². The Morgan fingerprint density at radius 1 is 1.32 bits per heavy atom. The standard InChI is InChI=1S/C16H16BrNO4/c1-16(2,11-4-3-5-12(17)7-11)9-18-14(19)13-6-10(8-22-13)15(20)21/h3-8H,9H2,1-2H3,(H,18,19)(H,20,21). The number of aromatic carboxylic acids is 1. The molecule has 0 fully saturated rings. The molecule has 0 radical (unpaired) electrons. The summed E-state index contributed by atoms with van der Waals surface area (Å²) < 4.78 is 5.95. The highest BCUT2D eigenvalue weighted by Gasteiger charge is 2.23. The fourth-order valence-electron chi connectivity index (χ4n) is 1.97. The fourth-order valence-corrected chi connectivity index (χ4v) is 2.37. The molecule has 1 aromatic carbocycles. The number of halogens is 1. The molecule has 2 rings (SSSR count). The van der Waals surface area contributed by atoms with Crippen LogP contribution in [0.5, 0.6) is 0 Å². The number of furan rings is 1. The zero-order valence-corrected chi connectivity index (χ0v) is 13.8. The van der Waals surface area contributed by atoms with Crippen LogP contribution in [0.15, 0.2) is 45.5 Å². The van der Waals surface area contributed by atoms with Crippen molar-refractivity contribution in [1.29, 1.82) is 0 Å². The van der Waals surface area contributed by atoms with Gasteiger partial charge in [0.2, 0.25) is 0 Å². The summed E-state index contributed by atoms with van der Waals surface area (Å²) in [6.07, 6.45) is 1.05. The third kappa shape index (κ3) is 3.76. The Hall–Kier alpha value is -2.08. The SMILES string of the molecule is CC(C)(CNC(=O)c1cc(C(=O)O)co1)c1cccc(Br)c1. The summed E-state index contributed by atoms with van der Waals surface area (Å²) in [5.41, 5.74) is 0.756. The monoisotopic (exact) mass is 365 g/mol. The quantitative estimate of drug-likeness (QED) is 0.850. The van der Waals surface area contributed by atoms with E-state index in [0.717, 1.165) is 16.3 Å². The van der Waals surface area contributed by atoms with Crippen molar-refractivity contribution in [2.24, 2.45) is 0 Å². The summed E-state index contributed by atoms with van der Waals surface area (Å²) in [7, 11) is 0. The summed E-state index contributed by atoms with van der Waals surface area (Å²) in [6.45, 7) is 4.42. The molecule has 0 unspecified atom stereocenters. The Kier molecular flexibility index (Phi) is 4.71. The number of benzene rings is 1. The van der Waals surface area contributed by atoms with E-state index >= 15 is 0 Å². The van der Waals surface area contributed by atoms with Crippen LogP contribution < -0.4 is 5.32 Å². The molecule has 22 heavy (non-hydrogen) atoms. The van der Waals surface area contributed by atoms with E-state index in [2.05, 4.69) is 21.2 Å². The summed E-state index contributed by atoms with van der Waals surface area (Å²) in [5, 5.41) is 11.6. The van der Waals surface area contributed by atoms with Crippen molar-refractivity contribution in [3.05, 3.63) is 58.0 Å². The average Bonchev–Trinajstić information content (AvgIpc) is 2.95. The smallest absolute Gasteiger partial charge is 0.338 e. The number of hydrogen-bond acceptors (Lipinski definition) is 3. The molecule has 0 saturated heterocycles. The molecule has 0 aliphatic rings. The van der Waals surface area contributed by atoms with Gasteiger partial charge in [-0.2, -0.15) is 0 Å². The van der Waals surface area contributed by atoms with Gasteiger partial charge in [-0.15, -0.1) is 0 Å². The number of hydrogen-bond donors (Lipinski definition) is 2. The molecular weight excluding hydrogens is 350 g/mol. The van der Waals surface area contributed by atoms with Crippen LogP contribution in [-0.4, -0.2) is 23.5 Å². The molecule has 0 atom stereocenters. The lowest BCUT2D eigenvalue weighted by molar-refractivity contribution is 0.0696. The zero-order chi connectivity index (χ0) is 16.3. The van der Waals surface area contributed by atoms with Crippen LogP contribution in [-0.2, 0) is 5.41 Å². The van der Waals surface area contributed by atoms with Crippen LogP contribution in [0.25, 0.3) is 0 Å². The van der Waals surface area contributed by atoms with Crippen molar-refractivity contribution >= 4 is 27.8 Å². The average molecular weight is 366 g/mol. The van der Waals surface area contributed by atoms with Gasteiger partial charge in [0.05, 0.1) is 5.56 Å². The van der Waals surface area contributed by atoms with Gasteiger partial charge in [0, 0.05) is 22.5 Å². The highest BCUT2D eigenvalue weighted by molar-refractivity contribution is 9.10. The fraction of sp³-hybridized carbons (Fsp3) is 0.250. The topological polar surface area (TPSA) is 79.5 Å². The number of carbonyl (C=O) groups excluding carboxylic acids is 1. The van der Waals surface area contributed by atoms with Gasteiger partial charge in [-0.3, -0.25) is 4.79 Å². The molecule has 1 heterocycles. The van der Waals surface area contributed by atoms with Gasteiger partial charge in [-0.1, -0.05) is 41.9 Å². The zero-order valence-electron chi connectivity index (χ0n) is 12.2. The van der Waals surface area contributed by atoms with E-state index in [-0.39, 0.29) is 16.7 Å². The van der Waals surface area contributed by atoms with Crippen LogP contribution in [0.3, 0.4) is 0 Å². The first-order chi connectivity index (χ1) is 10.3. The molecule has 0 aliphatic carbocycles. The number of carboxylic acid groups (broad SMARTS) is 1. The molecule has 6 heteroatoms. The van der Waals surface area contributed by atoms with Gasteiger partial charge in [-0.05, 0) is 17.7 Å². The van der Waals surface area contributed by atoms with Crippen molar-refractivity contribution in [1.82, 2.24) is 5.32 Å². The second kappa shape index (κ2) is 6.36. The second-order valence-corrected chi connectivity index (χ2v) is 6.50.